The Bertz CT molecular complexity index is 1020. The molecule has 1 heterocycles. The number of ketones is 1. The minimum atomic E-state index is -0.529. The zero-order valence-corrected chi connectivity index (χ0v) is 17.2. The van der Waals surface area contributed by atoms with Crippen LogP contribution in [0.1, 0.15) is 43.9 Å². The van der Waals surface area contributed by atoms with Gasteiger partial charge in [-0.25, -0.2) is 9.18 Å². The number of carbonyl (C=O) groups is 2. The van der Waals surface area contributed by atoms with Crippen LogP contribution in [-0.2, 0) is 4.79 Å². The minimum absolute atomic E-state index is 0.0348. The zero-order chi connectivity index (χ0) is 21.3. The molecular weight excluding hydrogens is 379 g/mol. The molecule has 0 spiro atoms. The third-order valence-electron chi connectivity index (χ3n) is 5.62. The molecule has 2 aromatic carbocycles. The lowest BCUT2D eigenvalue weighted by Crippen LogP contribution is -2.51. The summed E-state index contributed by atoms with van der Waals surface area (Å²) in [5.41, 5.74) is 2.88. The van der Waals surface area contributed by atoms with Gasteiger partial charge in [-0.05, 0) is 35.1 Å². The summed E-state index contributed by atoms with van der Waals surface area (Å²) in [6.07, 6.45) is 4.91. The average Bonchev–Trinajstić information content (AvgIpc) is 2.69. The Morgan fingerprint density at radius 2 is 1.77 bits per heavy atom. The Hall–Kier alpha value is -3.21. The highest BCUT2D eigenvalue weighted by molar-refractivity contribution is 6.01. The van der Waals surface area contributed by atoms with Gasteiger partial charge in [0.25, 0.3) is 0 Å². The van der Waals surface area contributed by atoms with E-state index in [0.717, 1.165) is 11.1 Å². The van der Waals surface area contributed by atoms with Gasteiger partial charge in [-0.15, -0.1) is 0 Å². The summed E-state index contributed by atoms with van der Waals surface area (Å²) in [5.74, 6) is -0.313. The molecule has 2 aromatic rings. The van der Waals surface area contributed by atoms with Crippen LogP contribution in [0.25, 0.3) is 6.08 Å². The van der Waals surface area contributed by atoms with E-state index in [2.05, 4.69) is 5.32 Å². The molecule has 2 amide bonds. The molecule has 0 aromatic heterocycles. The smallest absolute Gasteiger partial charge is 0.311 e. The molecule has 1 aliphatic carbocycles. The predicted octanol–water partition coefficient (Wildman–Crippen LogP) is 5.25. The number of nitrogens with zero attached hydrogens (tertiary/aromatic N) is 1. The second kappa shape index (κ2) is 7.90. The number of hydrogen-bond acceptors (Lipinski definition) is 2. The van der Waals surface area contributed by atoms with E-state index in [1.54, 1.807) is 17.0 Å². The number of allylic oxidation sites excluding steroid dienone is 1. The van der Waals surface area contributed by atoms with Crippen molar-refractivity contribution in [1.29, 1.82) is 0 Å². The van der Waals surface area contributed by atoms with Crippen LogP contribution in [0.4, 0.5) is 9.18 Å². The van der Waals surface area contributed by atoms with Crippen molar-refractivity contribution >= 4 is 17.9 Å². The Morgan fingerprint density at radius 1 is 1.07 bits per heavy atom. The summed E-state index contributed by atoms with van der Waals surface area (Å²) >= 11 is 0. The van der Waals surface area contributed by atoms with Gasteiger partial charge in [0.2, 0.25) is 0 Å². The van der Waals surface area contributed by atoms with Crippen molar-refractivity contribution in [3.05, 3.63) is 88.9 Å². The van der Waals surface area contributed by atoms with E-state index in [4.69, 9.17) is 0 Å². The van der Waals surface area contributed by atoms with Gasteiger partial charge in [-0.1, -0.05) is 68.5 Å². The van der Waals surface area contributed by atoms with Crippen LogP contribution < -0.4 is 5.32 Å². The second-order valence-corrected chi connectivity index (χ2v) is 8.68. The highest BCUT2D eigenvalue weighted by Gasteiger charge is 2.43. The van der Waals surface area contributed by atoms with Gasteiger partial charge in [-0.2, -0.15) is 0 Å². The van der Waals surface area contributed by atoms with Crippen LogP contribution in [0, 0.1) is 11.2 Å². The molecule has 154 valence electrons. The van der Waals surface area contributed by atoms with Gasteiger partial charge < -0.3 is 10.2 Å². The fourth-order valence-corrected chi connectivity index (χ4v) is 4.28. The van der Waals surface area contributed by atoms with Crippen LogP contribution in [0.2, 0.25) is 0 Å². The zero-order valence-electron chi connectivity index (χ0n) is 17.2. The first-order valence-corrected chi connectivity index (χ1v) is 10.1. The molecule has 0 bridgehead atoms. The summed E-state index contributed by atoms with van der Waals surface area (Å²) < 4.78 is 13.5. The van der Waals surface area contributed by atoms with Crippen LogP contribution >= 0.6 is 0 Å². The molecule has 1 N–H and O–H groups in total. The number of hydrogen-bond donors (Lipinski definition) is 1. The largest absolute Gasteiger partial charge is 0.322 e. The number of benzene rings is 2. The van der Waals surface area contributed by atoms with E-state index in [-0.39, 0.29) is 23.0 Å². The van der Waals surface area contributed by atoms with Crippen LogP contribution in [-0.4, -0.2) is 23.3 Å². The SMILES string of the molecule is CC1(C)CC(=O)C2=C(C1)NC(=O)N(C/C=C/c1ccccc1)C2c1ccc(F)cc1. The summed E-state index contributed by atoms with van der Waals surface area (Å²) in [7, 11) is 0. The molecule has 4 nitrogen and oxygen atoms in total. The average molecular weight is 404 g/mol. The standard InChI is InChI=1S/C25H25FN2O2/c1-25(2)15-20-22(21(29)16-25)23(18-10-12-19(26)13-11-18)28(24(30)27-20)14-6-9-17-7-4-3-5-8-17/h3-13,23H,14-16H2,1-2H3,(H,27,30)/b9-6+. The lowest BCUT2D eigenvalue weighted by atomic mass is 9.72. The van der Waals surface area contributed by atoms with Gasteiger partial charge >= 0.3 is 6.03 Å². The summed E-state index contributed by atoms with van der Waals surface area (Å²) in [5, 5.41) is 2.95. The van der Waals surface area contributed by atoms with Crippen LogP contribution in [0.15, 0.2) is 71.9 Å². The molecule has 4 rings (SSSR count). The molecule has 0 saturated heterocycles. The molecular formula is C25H25FN2O2. The van der Waals surface area contributed by atoms with E-state index >= 15 is 0 Å². The first-order chi connectivity index (χ1) is 14.3. The number of halogens is 1. The van der Waals surface area contributed by atoms with Gasteiger partial charge in [0.05, 0.1) is 6.04 Å². The van der Waals surface area contributed by atoms with E-state index in [0.29, 0.717) is 30.7 Å². The fourth-order valence-electron chi connectivity index (χ4n) is 4.28. The Kier molecular flexibility index (Phi) is 5.29. The summed E-state index contributed by atoms with van der Waals surface area (Å²) in [6, 6.07) is 15.1. The Labute approximate surface area is 176 Å². The van der Waals surface area contributed by atoms with Gasteiger partial charge in [-0.3, -0.25) is 4.79 Å². The highest BCUT2D eigenvalue weighted by atomic mass is 19.1. The number of urea groups is 1. The summed E-state index contributed by atoms with van der Waals surface area (Å²) in [6.45, 7) is 4.39. The Morgan fingerprint density at radius 3 is 2.47 bits per heavy atom. The van der Waals surface area contributed by atoms with Crippen molar-refractivity contribution < 1.29 is 14.0 Å². The van der Waals surface area contributed by atoms with Crippen molar-refractivity contribution in [2.75, 3.05) is 6.54 Å². The van der Waals surface area contributed by atoms with Crippen molar-refractivity contribution in [2.24, 2.45) is 5.41 Å². The second-order valence-electron chi connectivity index (χ2n) is 8.68. The van der Waals surface area contributed by atoms with E-state index < -0.39 is 6.04 Å². The molecule has 1 unspecified atom stereocenters. The number of nitrogens with one attached hydrogen (secondary N) is 1. The van der Waals surface area contributed by atoms with Gasteiger partial charge in [0, 0.05) is 24.2 Å². The third kappa shape index (κ3) is 4.06. The molecule has 0 radical (unpaired) electrons. The normalized spacial score (nSPS) is 21.0. The van der Waals surface area contributed by atoms with Crippen molar-refractivity contribution in [3.8, 4) is 0 Å². The molecule has 0 fully saturated rings. The molecule has 1 aliphatic heterocycles. The first-order valence-electron chi connectivity index (χ1n) is 10.1. The summed E-state index contributed by atoms with van der Waals surface area (Å²) in [4.78, 5) is 27.8. The lowest BCUT2D eigenvalue weighted by molar-refractivity contribution is -0.119. The number of Topliss-reactive ketones (excluding diaryl/α,β-unsaturated/α-hetero) is 1. The minimum Gasteiger partial charge on any atom is -0.311 e. The lowest BCUT2D eigenvalue weighted by Gasteiger charge is -2.43. The quantitative estimate of drug-likeness (QED) is 0.757. The van der Waals surface area contributed by atoms with Crippen LogP contribution in [0.5, 0.6) is 0 Å². The topological polar surface area (TPSA) is 49.4 Å². The van der Waals surface area contributed by atoms with Crippen molar-refractivity contribution in [2.45, 2.75) is 32.7 Å². The third-order valence-corrected chi connectivity index (χ3v) is 5.62. The molecule has 1 atom stereocenters. The van der Waals surface area contributed by atoms with Gasteiger partial charge in [0.1, 0.15) is 5.82 Å². The first kappa shape index (κ1) is 20.1. The van der Waals surface area contributed by atoms with Crippen molar-refractivity contribution in [1.82, 2.24) is 10.2 Å². The number of amides is 2. The predicted molar refractivity (Wildman–Crippen MR) is 115 cm³/mol. The monoisotopic (exact) mass is 404 g/mol. The maximum atomic E-state index is 13.5. The van der Waals surface area contributed by atoms with Gasteiger partial charge in [0.15, 0.2) is 5.78 Å². The van der Waals surface area contributed by atoms with Crippen molar-refractivity contribution in [3.63, 3.8) is 0 Å². The number of rotatable bonds is 4. The molecule has 0 saturated carbocycles. The van der Waals surface area contributed by atoms with E-state index in [9.17, 15) is 14.0 Å². The molecule has 5 heteroatoms. The van der Waals surface area contributed by atoms with Crippen LogP contribution in [0.3, 0.4) is 0 Å². The van der Waals surface area contributed by atoms with E-state index in [1.807, 2.05) is 56.3 Å². The van der Waals surface area contributed by atoms with E-state index in [1.165, 1.54) is 12.1 Å². The maximum Gasteiger partial charge on any atom is 0.322 e. The highest BCUT2D eigenvalue weighted by Crippen LogP contribution is 2.44. The fraction of sp³-hybridized carbons (Fsp3) is 0.280. The molecule has 2 aliphatic rings. The maximum absolute atomic E-state index is 13.5. The number of carbonyl (C=O) groups excluding carboxylic acids is 2. The molecule has 30 heavy (non-hydrogen) atoms. The Balaban J connectivity index is 1.72.